The van der Waals surface area contributed by atoms with Crippen molar-refractivity contribution < 1.29 is 13.4 Å². The molecule has 0 spiro atoms. The topological polar surface area (TPSA) is 34.1 Å². The van der Waals surface area contributed by atoms with Crippen LogP contribution in [0, 0.1) is 5.82 Å². The quantitative estimate of drug-likeness (QED) is 0.762. The second-order valence-corrected chi connectivity index (χ2v) is 6.53. The van der Waals surface area contributed by atoms with E-state index in [9.17, 15) is 13.4 Å². The van der Waals surface area contributed by atoms with Crippen LogP contribution in [0.1, 0.15) is 22.5 Å². The zero-order chi connectivity index (χ0) is 13.7. The summed E-state index contributed by atoms with van der Waals surface area (Å²) in [4.78, 5) is 12.9. The second kappa shape index (κ2) is 6.73. The lowest BCUT2D eigenvalue weighted by Gasteiger charge is -2.02. The van der Waals surface area contributed by atoms with Crippen LogP contribution in [0.4, 0.5) is 4.39 Å². The number of hydrogen-bond acceptors (Lipinski definition) is 3. The third kappa shape index (κ3) is 4.08. The molecular formula is C14H13FO2S2. The lowest BCUT2D eigenvalue weighted by Crippen LogP contribution is -2.03. The Hall–Kier alpha value is -1.33. The average molecular weight is 296 g/mol. The molecule has 0 radical (unpaired) electrons. The second-order valence-electron chi connectivity index (χ2n) is 4.01. The number of hydrogen-bond donors (Lipinski definition) is 0. The first-order valence-corrected chi connectivity index (χ1v) is 8.07. The van der Waals surface area contributed by atoms with Gasteiger partial charge in [0.05, 0.1) is 15.7 Å². The van der Waals surface area contributed by atoms with E-state index in [1.54, 1.807) is 18.2 Å². The number of thiophene rings is 1. The van der Waals surface area contributed by atoms with Gasteiger partial charge < -0.3 is 0 Å². The van der Waals surface area contributed by atoms with Crippen molar-refractivity contribution in [2.45, 2.75) is 17.7 Å². The van der Waals surface area contributed by atoms with E-state index in [4.69, 9.17) is 0 Å². The average Bonchev–Trinajstić information content (AvgIpc) is 2.92. The number of ketones is 1. The third-order valence-electron chi connectivity index (χ3n) is 2.59. The molecule has 19 heavy (non-hydrogen) atoms. The summed E-state index contributed by atoms with van der Waals surface area (Å²) in [5, 5.41) is 1.86. The third-order valence-corrected chi connectivity index (χ3v) is 4.94. The van der Waals surface area contributed by atoms with Crippen LogP contribution in [-0.4, -0.2) is 15.7 Å². The fourth-order valence-electron chi connectivity index (χ4n) is 1.65. The molecule has 1 heterocycles. The summed E-state index contributed by atoms with van der Waals surface area (Å²) in [5.74, 6) is 0.0624. The summed E-state index contributed by atoms with van der Waals surface area (Å²) in [6.07, 6.45) is 0.918. The zero-order valence-electron chi connectivity index (χ0n) is 10.2. The Labute approximate surface area is 117 Å². The fourth-order valence-corrected chi connectivity index (χ4v) is 3.46. The lowest BCUT2D eigenvalue weighted by atomic mass is 10.2. The molecule has 5 heteroatoms. The SMILES string of the molecule is O=C(CCCS(=O)c1cccc(F)c1)c1cccs1. The summed E-state index contributed by atoms with van der Waals surface area (Å²) in [7, 11) is -1.25. The van der Waals surface area contributed by atoms with Crippen LogP contribution in [0.25, 0.3) is 0 Å². The summed E-state index contributed by atoms with van der Waals surface area (Å²) < 4.78 is 24.9. The van der Waals surface area contributed by atoms with Crippen LogP contribution in [0.15, 0.2) is 46.7 Å². The van der Waals surface area contributed by atoms with Gasteiger partial charge in [-0.1, -0.05) is 12.1 Å². The van der Waals surface area contributed by atoms with Gasteiger partial charge in [0.2, 0.25) is 0 Å². The van der Waals surface area contributed by atoms with Crippen molar-refractivity contribution in [3.05, 3.63) is 52.5 Å². The Morgan fingerprint density at radius 2 is 2.11 bits per heavy atom. The van der Waals surface area contributed by atoms with Crippen molar-refractivity contribution >= 4 is 27.9 Å². The predicted octanol–water partition coefficient (Wildman–Crippen LogP) is 3.66. The Bertz CT molecular complexity index is 579. The minimum Gasteiger partial charge on any atom is -0.293 e. The highest BCUT2D eigenvalue weighted by Crippen LogP contribution is 2.14. The molecule has 0 aliphatic carbocycles. The van der Waals surface area contributed by atoms with Crippen LogP contribution < -0.4 is 0 Å². The maximum absolute atomic E-state index is 13.0. The maximum atomic E-state index is 13.0. The number of carbonyl (C=O) groups is 1. The highest BCUT2D eigenvalue weighted by atomic mass is 32.2. The Morgan fingerprint density at radius 3 is 2.79 bits per heavy atom. The molecule has 0 N–H and O–H groups in total. The molecular weight excluding hydrogens is 283 g/mol. The number of benzene rings is 1. The molecule has 1 aromatic carbocycles. The monoisotopic (exact) mass is 296 g/mol. The molecule has 2 nitrogen and oxygen atoms in total. The fraction of sp³-hybridized carbons (Fsp3) is 0.214. The molecule has 0 fully saturated rings. The number of Topliss-reactive ketones (excluding diaryl/α,β-unsaturated/α-hetero) is 1. The maximum Gasteiger partial charge on any atom is 0.172 e. The first-order valence-electron chi connectivity index (χ1n) is 5.87. The van der Waals surface area contributed by atoms with Crippen LogP contribution in [0.5, 0.6) is 0 Å². The molecule has 0 saturated heterocycles. The molecule has 0 aliphatic rings. The molecule has 1 unspecified atom stereocenters. The molecule has 0 aliphatic heterocycles. The van der Waals surface area contributed by atoms with Gasteiger partial charge in [0.1, 0.15) is 5.82 Å². The van der Waals surface area contributed by atoms with Crippen molar-refractivity contribution in [1.82, 2.24) is 0 Å². The van der Waals surface area contributed by atoms with E-state index >= 15 is 0 Å². The summed E-state index contributed by atoms with van der Waals surface area (Å²) in [6.45, 7) is 0. The van der Waals surface area contributed by atoms with E-state index < -0.39 is 10.8 Å². The van der Waals surface area contributed by atoms with Gasteiger partial charge in [-0.15, -0.1) is 11.3 Å². The normalized spacial score (nSPS) is 12.3. The molecule has 1 aromatic heterocycles. The summed E-state index contributed by atoms with van der Waals surface area (Å²) in [6, 6.07) is 9.40. The predicted molar refractivity (Wildman–Crippen MR) is 75.6 cm³/mol. The van der Waals surface area contributed by atoms with Gasteiger partial charge >= 0.3 is 0 Å². The molecule has 0 bridgehead atoms. The molecule has 2 rings (SSSR count). The lowest BCUT2D eigenvalue weighted by molar-refractivity contribution is 0.0986. The van der Waals surface area contributed by atoms with Gasteiger partial charge in [0.25, 0.3) is 0 Å². The first kappa shape index (κ1) is 14.1. The van der Waals surface area contributed by atoms with E-state index in [-0.39, 0.29) is 11.6 Å². The number of rotatable bonds is 6. The van der Waals surface area contributed by atoms with Crippen molar-refractivity contribution in [3.8, 4) is 0 Å². The van der Waals surface area contributed by atoms with Gasteiger partial charge in [-0.05, 0) is 36.1 Å². The van der Waals surface area contributed by atoms with Gasteiger partial charge in [0.15, 0.2) is 5.78 Å². The number of halogens is 1. The molecule has 0 saturated carbocycles. The smallest absolute Gasteiger partial charge is 0.172 e. The van der Waals surface area contributed by atoms with Gasteiger partial charge in [0, 0.05) is 17.1 Å². The van der Waals surface area contributed by atoms with Gasteiger partial charge in [-0.3, -0.25) is 9.00 Å². The van der Waals surface area contributed by atoms with E-state index in [0.717, 1.165) is 4.88 Å². The standard InChI is InChI=1S/C14H13FO2S2/c15-11-4-1-5-12(10-11)19(17)9-3-6-13(16)14-7-2-8-18-14/h1-2,4-5,7-8,10H,3,6,9H2. The minimum atomic E-state index is -1.25. The molecule has 100 valence electrons. The van der Waals surface area contributed by atoms with E-state index in [0.29, 0.717) is 23.5 Å². The molecule has 1 atom stereocenters. The Morgan fingerprint density at radius 1 is 1.26 bits per heavy atom. The van der Waals surface area contributed by atoms with Crippen LogP contribution in [0.2, 0.25) is 0 Å². The molecule has 2 aromatic rings. The van der Waals surface area contributed by atoms with Crippen molar-refractivity contribution in [1.29, 1.82) is 0 Å². The van der Waals surface area contributed by atoms with Crippen molar-refractivity contribution in [2.24, 2.45) is 0 Å². The van der Waals surface area contributed by atoms with E-state index in [2.05, 4.69) is 0 Å². The van der Waals surface area contributed by atoms with Crippen molar-refractivity contribution in [2.75, 3.05) is 5.75 Å². The molecule has 0 amide bonds. The zero-order valence-corrected chi connectivity index (χ0v) is 11.8. The Balaban J connectivity index is 1.83. The first-order chi connectivity index (χ1) is 9.16. The highest BCUT2D eigenvalue weighted by molar-refractivity contribution is 7.85. The highest BCUT2D eigenvalue weighted by Gasteiger charge is 2.09. The van der Waals surface area contributed by atoms with Crippen LogP contribution in [0.3, 0.4) is 0 Å². The van der Waals surface area contributed by atoms with Gasteiger partial charge in [-0.2, -0.15) is 0 Å². The van der Waals surface area contributed by atoms with Crippen LogP contribution in [-0.2, 0) is 10.8 Å². The van der Waals surface area contributed by atoms with E-state index in [1.165, 1.54) is 23.5 Å². The number of carbonyl (C=O) groups excluding carboxylic acids is 1. The van der Waals surface area contributed by atoms with Crippen LogP contribution >= 0.6 is 11.3 Å². The summed E-state index contributed by atoms with van der Waals surface area (Å²) in [5.41, 5.74) is 0. The summed E-state index contributed by atoms with van der Waals surface area (Å²) >= 11 is 1.41. The largest absolute Gasteiger partial charge is 0.293 e. The minimum absolute atomic E-state index is 0.0752. The Kier molecular flexibility index (Phi) is 4.99. The van der Waals surface area contributed by atoms with Gasteiger partial charge in [-0.25, -0.2) is 4.39 Å². The van der Waals surface area contributed by atoms with E-state index in [1.807, 2.05) is 11.4 Å². The van der Waals surface area contributed by atoms with Crippen molar-refractivity contribution in [3.63, 3.8) is 0 Å².